The van der Waals surface area contributed by atoms with E-state index in [0.29, 0.717) is 11.8 Å². The van der Waals surface area contributed by atoms with Crippen LogP contribution in [0.25, 0.3) is 0 Å². The van der Waals surface area contributed by atoms with Crippen LogP contribution in [-0.4, -0.2) is 8.42 Å². The molecule has 0 heterocycles. The molecular weight excluding hydrogens is 272 g/mol. The molecule has 0 unspecified atom stereocenters. The molecule has 3 nitrogen and oxygen atoms in total. The Morgan fingerprint density at radius 2 is 1.74 bits per heavy atom. The minimum absolute atomic E-state index is 0.326. The van der Waals surface area contributed by atoms with Gasteiger partial charge in [0.1, 0.15) is 0 Å². The largest absolute Gasteiger partial charge is 0.280 e. The zero-order chi connectivity index (χ0) is 14.0. The first-order chi connectivity index (χ1) is 8.88. The van der Waals surface area contributed by atoms with Crippen molar-refractivity contribution in [3.8, 4) is 0 Å². The highest BCUT2D eigenvalue weighted by molar-refractivity contribution is 7.92. The van der Waals surface area contributed by atoms with Gasteiger partial charge in [0.25, 0.3) is 10.0 Å². The van der Waals surface area contributed by atoms with Gasteiger partial charge in [-0.2, -0.15) is 0 Å². The molecule has 0 amide bonds. The average molecular weight is 283 g/mol. The molecule has 0 saturated heterocycles. The van der Waals surface area contributed by atoms with Crippen molar-refractivity contribution in [1.29, 1.82) is 0 Å². The highest BCUT2D eigenvalue weighted by Gasteiger charge is 2.16. The first-order valence-electron chi connectivity index (χ1n) is 5.43. The molecular formula is C13H11F2NO2S. The van der Waals surface area contributed by atoms with Gasteiger partial charge in [-0.05, 0) is 42.8 Å². The van der Waals surface area contributed by atoms with E-state index in [1.165, 1.54) is 0 Å². The summed E-state index contributed by atoms with van der Waals surface area (Å²) in [6, 6.07) is 9.15. The van der Waals surface area contributed by atoms with Crippen LogP contribution in [0.2, 0.25) is 0 Å². The quantitative estimate of drug-likeness (QED) is 0.941. The van der Waals surface area contributed by atoms with Gasteiger partial charge in [0, 0.05) is 5.69 Å². The lowest BCUT2D eigenvalue weighted by Crippen LogP contribution is -2.13. The van der Waals surface area contributed by atoms with Crippen molar-refractivity contribution in [1.82, 2.24) is 0 Å². The number of hydrogen-bond acceptors (Lipinski definition) is 2. The van der Waals surface area contributed by atoms with Crippen molar-refractivity contribution in [3.05, 3.63) is 59.7 Å². The van der Waals surface area contributed by atoms with Crippen molar-refractivity contribution >= 4 is 15.7 Å². The maximum atomic E-state index is 13.0. The van der Waals surface area contributed by atoms with Crippen LogP contribution >= 0.6 is 0 Å². The molecule has 0 aromatic heterocycles. The molecule has 0 radical (unpaired) electrons. The molecule has 2 rings (SSSR count). The topological polar surface area (TPSA) is 46.2 Å². The Balaban J connectivity index is 2.35. The van der Waals surface area contributed by atoms with E-state index in [2.05, 4.69) is 4.72 Å². The van der Waals surface area contributed by atoms with E-state index in [4.69, 9.17) is 0 Å². The summed E-state index contributed by atoms with van der Waals surface area (Å²) >= 11 is 0. The van der Waals surface area contributed by atoms with Gasteiger partial charge >= 0.3 is 0 Å². The lowest BCUT2D eigenvalue weighted by molar-refractivity contribution is 0.504. The van der Waals surface area contributed by atoms with E-state index < -0.39 is 21.7 Å². The minimum atomic E-state index is -3.93. The maximum Gasteiger partial charge on any atom is 0.261 e. The summed E-state index contributed by atoms with van der Waals surface area (Å²) in [5.74, 6) is -2.29. The average Bonchev–Trinajstić information content (AvgIpc) is 2.32. The Kier molecular flexibility index (Phi) is 3.53. The Morgan fingerprint density at radius 3 is 2.37 bits per heavy atom. The van der Waals surface area contributed by atoms with Crippen LogP contribution in [0, 0.1) is 18.6 Å². The van der Waals surface area contributed by atoms with Gasteiger partial charge in [0.05, 0.1) is 4.90 Å². The van der Waals surface area contributed by atoms with E-state index >= 15 is 0 Å². The predicted octanol–water partition coefficient (Wildman–Crippen LogP) is 3.07. The third-order valence-electron chi connectivity index (χ3n) is 2.47. The zero-order valence-electron chi connectivity index (χ0n) is 10.0. The van der Waals surface area contributed by atoms with Crippen LogP contribution in [-0.2, 0) is 10.0 Å². The Bertz CT molecular complexity index is 714. The van der Waals surface area contributed by atoms with E-state index in [9.17, 15) is 17.2 Å². The van der Waals surface area contributed by atoms with Crippen LogP contribution in [0.3, 0.4) is 0 Å². The molecule has 0 aliphatic heterocycles. The summed E-state index contributed by atoms with van der Waals surface area (Å²) in [5.41, 5.74) is 1.25. The van der Waals surface area contributed by atoms with E-state index in [1.807, 2.05) is 13.0 Å². The highest BCUT2D eigenvalue weighted by atomic mass is 32.2. The number of sulfonamides is 1. The molecule has 1 N–H and O–H groups in total. The Hall–Kier alpha value is -1.95. The molecule has 0 atom stereocenters. The Morgan fingerprint density at radius 1 is 1.00 bits per heavy atom. The van der Waals surface area contributed by atoms with Crippen molar-refractivity contribution in [2.24, 2.45) is 0 Å². The lowest BCUT2D eigenvalue weighted by Gasteiger charge is -2.08. The molecule has 0 saturated carbocycles. The SMILES string of the molecule is Cc1cccc(NS(=O)(=O)c2ccc(F)c(F)c2)c1. The van der Waals surface area contributed by atoms with Crippen molar-refractivity contribution in [2.75, 3.05) is 4.72 Å². The van der Waals surface area contributed by atoms with Gasteiger partial charge in [-0.15, -0.1) is 0 Å². The molecule has 100 valence electrons. The second-order valence-electron chi connectivity index (χ2n) is 4.05. The smallest absolute Gasteiger partial charge is 0.261 e. The van der Waals surface area contributed by atoms with Gasteiger partial charge in [-0.1, -0.05) is 12.1 Å². The molecule has 0 bridgehead atoms. The summed E-state index contributed by atoms with van der Waals surface area (Å²) < 4.78 is 52.1. The Labute approximate surface area is 109 Å². The molecule has 0 aliphatic carbocycles. The van der Waals surface area contributed by atoms with Crippen molar-refractivity contribution in [2.45, 2.75) is 11.8 Å². The first-order valence-corrected chi connectivity index (χ1v) is 6.91. The van der Waals surface area contributed by atoms with Gasteiger partial charge in [-0.25, -0.2) is 17.2 Å². The van der Waals surface area contributed by atoms with E-state index in [0.717, 1.165) is 17.7 Å². The third kappa shape index (κ3) is 3.08. The second kappa shape index (κ2) is 4.97. The van der Waals surface area contributed by atoms with Gasteiger partial charge in [0.15, 0.2) is 11.6 Å². The number of hydrogen-bond donors (Lipinski definition) is 1. The fraction of sp³-hybridized carbons (Fsp3) is 0.0769. The van der Waals surface area contributed by atoms with Crippen LogP contribution in [0.15, 0.2) is 47.4 Å². The van der Waals surface area contributed by atoms with Gasteiger partial charge in [0.2, 0.25) is 0 Å². The first kappa shape index (κ1) is 13.5. The normalized spacial score (nSPS) is 11.3. The molecule has 0 aliphatic rings. The summed E-state index contributed by atoms with van der Waals surface area (Å²) in [7, 11) is -3.93. The predicted molar refractivity (Wildman–Crippen MR) is 68.3 cm³/mol. The fourth-order valence-corrected chi connectivity index (χ4v) is 2.63. The molecule has 6 heteroatoms. The minimum Gasteiger partial charge on any atom is -0.280 e. The number of halogens is 2. The van der Waals surface area contributed by atoms with Crippen molar-refractivity contribution in [3.63, 3.8) is 0 Å². The fourth-order valence-electron chi connectivity index (χ4n) is 1.57. The summed E-state index contributed by atoms with van der Waals surface area (Å²) in [5, 5.41) is 0. The van der Waals surface area contributed by atoms with Crippen LogP contribution in [0.1, 0.15) is 5.56 Å². The summed E-state index contributed by atoms with van der Waals surface area (Å²) in [6.07, 6.45) is 0. The number of benzene rings is 2. The third-order valence-corrected chi connectivity index (χ3v) is 3.85. The number of aryl methyl sites for hydroxylation is 1. The molecule has 2 aromatic carbocycles. The van der Waals surface area contributed by atoms with Crippen molar-refractivity contribution < 1.29 is 17.2 Å². The second-order valence-corrected chi connectivity index (χ2v) is 5.73. The monoisotopic (exact) mass is 283 g/mol. The molecule has 0 fully saturated rings. The molecule has 0 spiro atoms. The van der Waals surface area contributed by atoms with Gasteiger partial charge in [-0.3, -0.25) is 4.72 Å². The molecule has 2 aromatic rings. The van der Waals surface area contributed by atoms with Crippen LogP contribution in [0.4, 0.5) is 14.5 Å². The van der Waals surface area contributed by atoms with Crippen LogP contribution in [0.5, 0.6) is 0 Å². The van der Waals surface area contributed by atoms with E-state index in [1.54, 1.807) is 18.2 Å². The number of anilines is 1. The summed E-state index contributed by atoms with van der Waals surface area (Å²) in [6.45, 7) is 1.81. The lowest BCUT2D eigenvalue weighted by atomic mass is 10.2. The standard InChI is InChI=1S/C13H11F2NO2S/c1-9-3-2-4-10(7-9)16-19(17,18)11-5-6-12(14)13(15)8-11/h2-8,16H,1H3. The summed E-state index contributed by atoms with van der Waals surface area (Å²) in [4.78, 5) is -0.326. The maximum absolute atomic E-state index is 13.0. The molecule has 19 heavy (non-hydrogen) atoms. The van der Waals surface area contributed by atoms with E-state index in [-0.39, 0.29) is 4.90 Å². The highest BCUT2D eigenvalue weighted by Crippen LogP contribution is 2.18. The van der Waals surface area contributed by atoms with Gasteiger partial charge < -0.3 is 0 Å². The zero-order valence-corrected chi connectivity index (χ0v) is 10.8. The number of nitrogens with one attached hydrogen (secondary N) is 1. The van der Waals surface area contributed by atoms with Crippen LogP contribution < -0.4 is 4.72 Å². The number of rotatable bonds is 3.